The predicted octanol–water partition coefficient (Wildman–Crippen LogP) is -0.821. The van der Waals surface area contributed by atoms with Gasteiger partial charge in [-0.2, -0.15) is 0 Å². The third-order valence-corrected chi connectivity index (χ3v) is 2.69. The first-order valence-electron chi connectivity index (χ1n) is 4.33. The standard InChI is InChI=1S/C8H12N4O2/c1-10-4-9-6-5(10)7(13)12(3)8(14)11(6)2/h4-6H,1-3H3. The van der Waals surface area contributed by atoms with E-state index in [2.05, 4.69) is 4.99 Å². The lowest BCUT2D eigenvalue weighted by molar-refractivity contribution is -0.135. The van der Waals surface area contributed by atoms with E-state index in [0.29, 0.717) is 0 Å². The molecule has 76 valence electrons. The van der Waals surface area contributed by atoms with Crippen LogP contribution in [0.4, 0.5) is 4.79 Å². The Labute approximate surface area is 81.8 Å². The topological polar surface area (TPSA) is 56.2 Å². The number of urea groups is 1. The highest BCUT2D eigenvalue weighted by Gasteiger charge is 2.47. The molecule has 14 heavy (non-hydrogen) atoms. The maximum atomic E-state index is 11.7. The zero-order valence-electron chi connectivity index (χ0n) is 8.34. The average molecular weight is 196 g/mol. The van der Waals surface area contributed by atoms with Gasteiger partial charge in [-0.3, -0.25) is 9.69 Å². The van der Waals surface area contributed by atoms with Crippen molar-refractivity contribution in [1.29, 1.82) is 0 Å². The molecule has 2 aliphatic heterocycles. The number of hydrogen-bond donors (Lipinski definition) is 0. The molecule has 6 heteroatoms. The summed E-state index contributed by atoms with van der Waals surface area (Å²) in [6, 6.07) is -0.661. The van der Waals surface area contributed by atoms with Gasteiger partial charge in [-0.25, -0.2) is 9.79 Å². The number of amides is 3. The second-order valence-electron chi connectivity index (χ2n) is 3.58. The minimum absolute atomic E-state index is 0.196. The van der Waals surface area contributed by atoms with Crippen molar-refractivity contribution in [2.75, 3.05) is 21.1 Å². The summed E-state index contributed by atoms with van der Waals surface area (Å²) >= 11 is 0. The van der Waals surface area contributed by atoms with Gasteiger partial charge in [0.05, 0.1) is 6.34 Å². The van der Waals surface area contributed by atoms with Crippen LogP contribution in [0.25, 0.3) is 0 Å². The Balaban J connectivity index is 2.35. The maximum Gasteiger partial charge on any atom is 0.328 e. The van der Waals surface area contributed by atoms with Crippen molar-refractivity contribution in [3.63, 3.8) is 0 Å². The summed E-state index contributed by atoms with van der Waals surface area (Å²) in [5, 5.41) is 0. The smallest absolute Gasteiger partial charge is 0.328 e. The molecule has 2 aliphatic rings. The molecule has 0 radical (unpaired) electrons. The molecule has 2 heterocycles. The Kier molecular flexibility index (Phi) is 1.73. The van der Waals surface area contributed by atoms with Crippen LogP contribution in [0, 0.1) is 0 Å². The monoisotopic (exact) mass is 196 g/mol. The van der Waals surface area contributed by atoms with Crippen LogP contribution in [-0.4, -0.2) is 66.3 Å². The summed E-state index contributed by atoms with van der Waals surface area (Å²) < 4.78 is 0. The number of rotatable bonds is 0. The first-order valence-corrected chi connectivity index (χ1v) is 4.33. The molecule has 1 fully saturated rings. The molecule has 0 spiro atoms. The SMILES string of the molecule is CN1C(=O)C2C(N=CN2C)N(C)C1=O. The average Bonchev–Trinajstić information content (AvgIpc) is 2.54. The summed E-state index contributed by atoms with van der Waals surface area (Å²) in [6.07, 6.45) is 1.23. The van der Waals surface area contributed by atoms with Crippen LogP contribution >= 0.6 is 0 Å². The van der Waals surface area contributed by atoms with E-state index in [1.54, 1.807) is 25.3 Å². The zero-order valence-corrected chi connectivity index (χ0v) is 8.34. The van der Waals surface area contributed by atoms with E-state index in [1.165, 1.54) is 11.9 Å². The Morgan fingerprint density at radius 1 is 1.29 bits per heavy atom. The molecule has 2 unspecified atom stereocenters. The minimum Gasteiger partial charge on any atom is -0.351 e. The van der Waals surface area contributed by atoms with Crippen LogP contribution < -0.4 is 0 Å². The van der Waals surface area contributed by atoms with Crippen LogP contribution in [0.2, 0.25) is 0 Å². The van der Waals surface area contributed by atoms with Crippen LogP contribution in [-0.2, 0) is 4.79 Å². The first kappa shape index (κ1) is 8.98. The number of imide groups is 1. The molecule has 2 atom stereocenters. The number of fused-ring (bicyclic) bond motifs is 1. The summed E-state index contributed by atoms with van der Waals surface area (Å²) in [4.78, 5) is 31.7. The number of likely N-dealkylation sites (N-methyl/N-ethyl adjacent to an activating group) is 3. The molecular weight excluding hydrogens is 184 g/mol. The third kappa shape index (κ3) is 0.934. The fourth-order valence-electron chi connectivity index (χ4n) is 1.79. The van der Waals surface area contributed by atoms with Gasteiger partial charge in [0.2, 0.25) is 0 Å². The number of hydrogen-bond acceptors (Lipinski definition) is 4. The van der Waals surface area contributed by atoms with Crippen LogP contribution in [0.1, 0.15) is 0 Å². The minimum atomic E-state index is -0.365. The number of aliphatic imine (C=N–C) groups is 1. The van der Waals surface area contributed by atoms with Crippen molar-refractivity contribution in [1.82, 2.24) is 14.7 Å². The Bertz CT molecular complexity index is 327. The zero-order chi connectivity index (χ0) is 10.5. The fourth-order valence-corrected chi connectivity index (χ4v) is 1.79. The van der Waals surface area contributed by atoms with E-state index in [1.807, 2.05) is 0 Å². The van der Waals surface area contributed by atoms with Gasteiger partial charge in [-0.15, -0.1) is 0 Å². The molecule has 0 bridgehead atoms. The van der Waals surface area contributed by atoms with Gasteiger partial charge in [0.25, 0.3) is 5.91 Å². The van der Waals surface area contributed by atoms with E-state index in [9.17, 15) is 9.59 Å². The summed E-state index contributed by atoms with van der Waals surface area (Å²) in [5.74, 6) is -0.196. The first-order chi connectivity index (χ1) is 6.54. The van der Waals surface area contributed by atoms with Crippen molar-refractivity contribution >= 4 is 18.3 Å². The molecule has 6 nitrogen and oxygen atoms in total. The number of carbonyl (C=O) groups excluding carboxylic acids is 2. The lowest BCUT2D eigenvalue weighted by Gasteiger charge is -2.38. The van der Waals surface area contributed by atoms with Crippen molar-refractivity contribution in [3.05, 3.63) is 0 Å². The van der Waals surface area contributed by atoms with Crippen LogP contribution in [0.3, 0.4) is 0 Å². The molecule has 2 rings (SSSR count). The molecule has 0 aromatic carbocycles. The molecule has 0 aliphatic carbocycles. The molecule has 0 saturated carbocycles. The van der Waals surface area contributed by atoms with Gasteiger partial charge in [0.15, 0.2) is 12.2 Å². The molecule has 0 N–H and O–H groups in total. The molecule has 0 aromatic rings. The van der Waals surface area contributed by atoms with Crippen molar-refractivity contribution in [2.45, 2.75) is 12.2 Å². The number of nitrogens with zero attached hydrogens (tertiary/aromatic N) is 4. The third-order valence-electron chi connectivity index (χ3n) is 2.69. The van der Waals surface area contributed by atoms with E-state index >= 15 is 0 Å². The fraction of sp³-hybridized carbons (Fsp3) is 0.625. The van der Waals surface area contributed by atoms with E-state index < -0.39 is 0 Å². The second kappa shape index (κ2) is 2.70. The second-order valence-corrected chi connectivity index (χ2v) is 3.58. The van der Waals surface area contributed by atoms with Gasteiger partial charge in [-0.1, -0.05) is 0 Å². The highest BCUT2D eigenvalue weighted by Crippen LogP contribution is 2.22. The largest absolute Gasteiger partial charge is 0.351 e. The van der Waals surface area contributed by atoms with Gasteiger partial charge in [0.1, 0.15) is 0 Å². The summed E-state index contributed by atoms with van der Waals surface area (Å²) in [7, 11) is 4.92. The number of carbonyl (C=O) groups is 2. The normalized spacial score (nSPS) is 31.5. The molecule has 1 saturated heterocycles. The predicted molar refractivity (Wildman–Crippen MR) is 49.8 cm³/mol. The van der Waals surface area contributed by atoms with Crippen LogP contribution in [0.15, 0.2) is 4.99 Å². The lowest BCUT2D eigenvalue weighted by atomic mass is 10.1. The van der Waals surface area contributed by atoms with Crippen molar-refractivity contribution < 1.29 is 9.59 Å². The lowest BCUT2D eigenvalue weighted by Crippen LogP contribution is -2.63. The van der Waals surface area contributed by atoms with Gasteiger partial charge >= 0.3 is 6.03 Å². The highest BCUT2D eigenvalue weighted by molar-refractivity contribution is 6.01. The van der Waals surface area contributed by atoms with E-state index in [-0.39, 0.29) is 24.1 Å². The van der Waals surface area contributed by atoms with E-state index in [0.717, 1.165) is 4.90 Å². The molecule has 0 aromatic heterocycles. The van der Waals surface area contributed by atoms with Crippen molar-refractivity contribution in [3.8, 4) is 0 Å². The summed E-state index contributed by atoms with van der Waals surface area (Å²) in [6.45, 7) is 0. The highest BCUT2D eigenvalue weighted by atomic mass is 16.2. The Hall–Kier alpha value is -1.59. The summed E-state index contributed by atoms with van der Waals surface area (Å²) in [5.41, 5.74) is 0. The van der Waals surface area contributed by atoms with Crippen molar-refractivity contribution in [2.24, 2.45) is 4.99 Å². The quantitative estimate of drug-likeness (QED) is 0.508. The maximum absolute atomic E-state index is 11.7. The molecule has 3 amide bonds. The van der Waals surface area contributed by atoms with Gasteiger partial charge in [0, 0.05) is 21.1 Å². The Morgan fingerprint density at radius 2 is 1.93 bits per heavy atom. The Morgan fingerprint density at radius 3 is 2.57 bits per heavy atom. The van der Waals surface area contributed by atoms with Gasteiger partial charge < -0.3 is 9.80 Å². The van der Waals surface area contributed by atoms with E-state index in [4.69, 9.17) is 0 Å². The molecular formula is C8H12N4O2. The van der Waals surface area contributed by atoms with Crippen LogP contribution in [0.5, 0.6) is 0 Å². The van der Waals surface area contributed by atoms with Gasteiger partial charge in [-0.05, 0) is 0 Å².